The standard InChI is InChI=1S/C18H18N6O/c1-2-4-15-12(3-1)7-16(25-15)18-13(9-21-23-18)8-19-14-5-6-17-20-11-22-24(17)10-14/h1-4,7,9,11,14,19H,5-6,8,10H2,(H,21,23)/t14-/m1/s1. The van der Waals surface area contributed by atoms with E-state index in [0.29, 0.717) is 6.04 Å². The summed E-state index contributed by atoms with van der Waals surface area (Å²) in [7, 11) is 0. The van der Waals surface area contributed by atoms with Crippen molar-refractivity contribution >= 4 is 11.0 Å². The number of benzene rings is 1. The summed E-state index contributed by atoms with van der Waals surface area (Å²) >= 11 is 0. The maximum atomic E-state index is 5.96. The van der Waals surface area contributed by atoms with Crippen LogP contribution in [0.25, 0.3) is 22.4 Å². The first-order valence-corrected chi connectivity index (χ1v) is 8.48. The van der Waals surface area contributed by atoms with Crippen LogP contribution in [0.15, 0.2) is 47.3 Å². The summed E-state index contributed by atoms with van der Waals surface area (Å²) in [5, 5.41) is 16.3. The monoisotopic (exact) mass is 334 g/mol. The average molecular weight is 334 g/mol. The fourth-order valence-electron chi connectivity index (χ4n) is 3.42. The largest absolute Gasteiger partial charge is 0.454 e. The predicted molar refractivity (Wildman–Crippen MR) is 92.8 cm³/mol. The second-order valence-electron chi connectivity index (χ2n) is 6.39. The van der Waals surface area contributed by atoms with Crippen LogP contribution in [0.4, 0.5) is 0 Å². The Morgan fingerprint density at radius 1 is 1.32 bits per heavy atom. The first-order chi connectivity index (χ1) is 12.4. The van der Waals surface area contributed by atoms with Crippen LogP contribution in [0.3, 0.4) is 0 Å². The van der Waals surface area contributed by atoms with Crippen molar-refractivity contribution in [2.24, 2.45) is 0 Å². The highest BCUT2D eigenvalue weighted by Gasteiger charge is 2.20. The molecular weight excluding hydrogens is 316 g/mol. The number of fused-ring (bicyclic) bond motifs is 2. The van der Waals surface area contributed by atoms with E-state index in [4.69, 9.17) is 4.42 Å². The number of aromatic amines is 1. The van der Waals surface area contributed by atoms with Crippen LogP contribution >= 0.6 is 0 Å². The second kappa shape index (κ2) is 5.86. The lowest BCUT2D eigenvalue weighted by atomic mass is 10.1. The van der Waals surface area contributed by atoms with Crippen LogP contribution < -0.4 is 5.32 Å². The molecule has 1 aromatic carbocycles. The maximum Gasteiger partial charge on any atom is 0.153 e. The number of para-hydroxylation sites is 1. The highest BCUT2D eigenvalue weighted by molar-refractivity contribution is 5.82. The first-order valence-electron chi connectivity index (χ1n) is 8.48. The van der Waals surface area contributed by atoms with Crippen molar-refractivity contribution < 1.29 is 4.42 Å². The molecule has 126 valence electrons. The molecule has 3 aromatic heterocycles. The van der Waals surface area contributed by atoms with Crippen molar-refractivity contribution in [3.8, 4) is 11.5 Å². The Bertz CT molecular complexity index is 980. The zero-order valence-electron chi connectivity index (χ0n) is 13.6. The van der Waals surface area contributed by atoms with Gasteiger partial charge in [0.15, 0.2) is 5.76 Å². The van der Waals surface area contributed by atoms with E-state index in [0.717, 1.165) is 59.7 Å². The number of nitrogens with one attached hydrogen (secondary N) is 2. The molecule has 0 saturated heterocycles. The van der Waals surface area contributed by atoms with E-state index >= 15 is 0 Å². The Balaban J connectivity index is 1.33. The van der Waals surface area contributed by atoms with Gasteiger partial charge in [0.1, 0.15) is 23.4 Å². The second-order valence-corrected chi connectivity index (χ2v) is 6.39. The molecule has 0 aliphatic carbocycles. The Hall–Kier alpha value is -2.93. The third-order valence-corrected chi connectivity index (χ3v) is 4.78. The van der Waals surface area contributed by atoms with Gasteiger partial charge in [0, 0.05) is 30.0 Å². The predicted octanol–water partition coefficient (Wildman–Crippen LogP) is 2.52. The maximum absolute atomic E-state index is 5.96. The van der Waals surface area contributed by atoms with Crippen LogP contribution in [0, 0.1) is 0 Å². The molecule has 25 heavy (non-hydrogen) atoms. The number of rotatable bonds is 4. The fourth-order valence-corrected chi connectivity index (χ4v) is 3.42. The lowest BCUT2D eigenvalue weighted by molar-refractivity contribution is 0.358. The van der Waals surface area contributed by atoms with Gasteiger partial charge in [-0.2, -0.15) is 10.2 Å². The number of H-pyrrole nitrogens is 1. The van der Waals surface area contributed by atoms with Crippen LogP contribution in [0.1, 0.15) is 17.8 Å². The number of nitrogens with zero attached hydrogens (tertiary/aromatic N) is 4. The van der Waals surface area contributed by atoms with Crippen molar-refractivity contribution in [2.45, 2.75) is 32.0 Å². The van der Waals surface area contributed by atoms with Gasteiger partial charge in [0.25, 0.3) is 0 Å². The third-order valence-electron chi connectivity index (χ3n) is 4.78. The van der Waals surface area contributed by atoms with Crippen molar-refractivity contribution in [3.05, 3.63) is 54.2 Å². The molecule has 0 fully saturated rings. The summed E-state index contributed by atoms with van der Waals surface area (Å²) in [6.07, 6.45) is 5.52. The van der Waals surface area contributed by atoms with Crippen molar-refractivity contribution in [3.63, 3.8) is 0 Å². The van der Waals surface area contributed by atoms with Gasteiger partial charge in [0.05, 0.1) is 12.7 Å². The van der Waals surface area contributed by atoms with E-state index in [1.807, 2.05) is 35.1 Å². The molecule has 1 aliphatic heterocycles. The van der Waals surface area contributed by atoms with Crippen molar-refractivity contribution in [2.75, 3.05) is 0 Å². The van der Waals surface area contributed by atoms with Crippen molar-refractivity contribution in [1.82, 2.24) is 30.3 Å². The molecule has 0 spiro atoms. The lowest BCUT2D eigenvalue weighted by Crippen LogP contribution is -2.37. The molecule has 1 atom stereocenters. The van der Waals surface area contributed by atoms with Gasteiger partial charge in [-0.05, 0) is 18.6 Å². The zero-order chi connectivity index (χ0) is 16.6. The molecular formula is C18H18N6O. The summed E-state index contributed by atoms with van der Waals surface area (Å²) in [6.45, 7) is 1.59. The SMILES string of the molecule is c1ccc2oc(-c3[nH]ncc3CN[C@@H]3CCc4ncnn4C3)cc2c1. The summed E-state index contributed by atoms with van der Waals surface area (Å²) in [6, 6.07) is 10.5. The topological polar surface area (TPSA) is 84.6 Å². The van der Waals surface area contributed by atoms with Gasteiger partial charge >= 0.3 is 0 Å². The summed E-state index contributed by atoms with van der Waals surface area (Å²) in [5.41, 5.74) is 2.92. The Labute approximate surface area is 144 Å². The molecule has 0 unspecified atom stereocenters. The molecule has 5 rings (SSSR count). The Kier molecular flexibility index (Phi) is 3.38. The van der Waals surface area contributed by atoms with Crippen LogP contribution in [0.2, 0.25) is 0 Å². The highest BCUT2D eigenvalue weighted by atomic mass is 16.3. The molecule has 7 nitrogen and oxygen atoms in total. The average Bonchev–Trinajstić information content (AvgIpc) is 3.36. The molecule has 4 heterocycles. The molecule has 1 aliphatic rings. The number of hydrogen-bond acceptors (Lipinski definition) is 5. The number of aromatic nitrogens is 5. The minimum atomic E-state index is 0.382. The van der Waals surface area contributed by atoms with E-state index in [1.165, 1.54) is 0 Å². The van der Waals surface area contributed by atoms with Crippen LogP contribution in [0.5, 0.6) is 0 Å². The summed E-state index contributed by atoms with van der Waals surface area (Å²) in [4.78, 5) is 4.27. The lowest BCUT2D eigenvalue weighted by Gasteiger charge is -2.23. The van der Waals surface area contributed by atoms with Crippen LogP contribution in [-0.4, -0.2) is 31.0 Å². The third kappa shape index (κ3) is 2.62. The van der Waals surface area contributed by atoms with Crippen molar-refractivity contribution in [1.29, 1.82) is 0 Å². The first kappa shape index (κ1) is 14.4. The van der Waals surface area contributed by atoms with Gasteiger partial charge in [0.2, 0.25) is 0 Å². The van der Waals surface area contributed by atoms with Gasteiger partial charge in [-0.25, -0.2) is 9.67 Å². The smallest absolute Gasteiger partial charge is 0.153 e. The molecule has 0 radical (unpaired) electrons. The molecule has 2 N–H and O–H groups in total. The van der Waals surface area contributed by atoms with E-state index in [1.54, 1.807) is 6.33 Å². The molecule has 4 aromatic rings. The summed E-state index contributed by atoms with van der Waals surface area (Å²) in [5.74, 6) is 1.89. The zero-order valence-corrected chi connectivity index (χ0v) is 13.6. The molecule has 0 saturated carbocycles. The van der Waals surface area contributed by atoms with E-state index in [9.17, 15) is 0 Å². The quantitative estimate of drug-likeness (QED) is 0.599. The van der Waals surface area contributed by atoms with Gasteiger partial charge in [-0.3, -0.25) is 5.10 Å². The van der Waals surface area contributed by atoms with Gasteiger partial charge in [-0.1, -0.05) is 18.2 Å². The van der Waals surface area contributed by atoms with Gasteiger partial charge < -0.3 is 9.73 Å². The number of furan rings is 1. The molecule has 7 heteroatoms. The number of hydrogen-bond donors (Lipinski definition) is 2. The molecule has 0 bridgehead atoms. The highest BCUT2D eigenvalue weighted by Crippen LogP contribution is 2.28. The minimum absolute atomic E-state index is 0.382. The van der Waals surface area contributed by atoms with E-state index in [2.05, 4.69) is 31.7 Å². The van der Waals surface area contributed by atoms with Gasteiger partial charge in [-0.15, -0.1) is 0 Å². The Morgan fingerprint density at radius 2 is 2.28 bits per heavy atom. The fraction of sp³-hybridized carbons (Fsp3) is 0.278. The van der Waals surface area contributed by atoms with E-state index in [-0.39, 0.29) is 0 Å². The number of aryl methyl sites for hydroxylation is 1. The minimum Gasteiger partial charge on any atom is -0.454 e. The normalized spacial score (nSPS) is 17.0. The Morgan fingerprint density at radius 3 is 3.24 bits per heavy atom. The van der Waals surface area contributed by atoms with E-state index < -0.39 is 0 Å². The molecule has 0 amide bonds. The summed E-state index contributed by atoms with van der Waals surface area (Å²) < 4.78 is 7.94. The van der Waals surface area contributed by atoms with Crippen LogP contribution in [-0.2, 0) is 19.5 Å².